The highest BCUT2D eigenvalue weighted by molar-refractivity contribution is 7.86. The van der Waals surface area contributed by atoms with E-state index in [0.29, 0.717) is 10.9 Å². The third kappa shape index (κ3) is 6.95. The number of nitrogens with one attached hydrogen (secondary N) is 1. The van der Waals surface area contributed by atoms with Crippen LogP contribution in [-0.4, -0.2) is 30.0 Å². The number of halogens is 1. The summed E-state index contributed by atoms with van der Waals surface area (Å²) in [5.41, 5.74) is 0.549. The predicted molar refractivity (Wildman–Crippen MR) is 129 cm³/mol. The number of fused-ring (bicyclic) bond motifs is 1. The molecule has 0 aliphatic rings. The van der Waals surface area contributed by atoms with Crippen molar-refractivity contribution in [1.29, 1.82) is 0 Å². The van der Waals surface area contributed by atoms with Gasteiger partial charge < -0.3 is 10.4 Å². The van der Waals surface area contributed by atoms with Crippen molar-refractivity contribution in [1.82, 2.24) is 5.32 Å². The Hall–Kier alpha value is -4.08. The molecule has 0 aliphatic heterocycles. The van der Waals surface area contributed by atoms with Crippen LogP contribution < -0.4 is 5.32 Å². The van der Waals surface area contributed by atoms with Gasteiger partial charge in [-0.05, 0) is 29.7 Å². The van der Waals surface area contributed by atoms with Crippen LogP contribution in [0.25, 0.3) is 10.8 Å². The van der Waals surface area contributed by atoms with Crippen molar-refractivity contribution in [3.8, 4) is 0 Å². The molecular formula is C26H22FNO6S. The summed E-state index contributed by atoms with van der Waals surface area (Å²) >= 11 is 0. The van der Waals surface area contributed by atoms with E-state index >= 15 is 0 Å². The van der Waals surface area contributed by atoms with Crippen LogP contribution in [0.1, 0.15) is 28.4 Å². The number of carboxylic acids is 1. The van der Waals surface area contributed by atoms with Gasteiger partial charge in [0.2, 0.25) is 0 Å². The van der Waals surface area contributed by atoms with Crippen LogP contribution in [0.15, 0.2) is 102 Å². The second-order valence-electron chi connectivity index (χ2n) is 7.46. The number of hydrogen-bond donors (Lipinski definition) is 3. The summed E-state index contributed by atoms with van der Waals surface area (Å²) < 4.78 is 44.8. The van der Waals surface area contributed by atoms with Gasteiger partial charge in [0.1, 0.15) is 10.7 Å². The number of carbonyl (C=O) groups is 2. The lowest BCUT2D eigenvalue weighted by Crippen LogP contribution is -2.30. The van der Waals surface area contributed by atoms with E-state index in [1.54, 1.807) is 66.7 Å². The molecule has 0 saturated carbocycles. The predicted octanol–water partition coefficient (Wildman–Crippen LogP) is 4.86. The standard InChI is InChI=1S/C16H14FNO3.C10H8O3S/c17-13-9-5-4-8-12(13)14(10-15(19)20)18-16(21)11-6-2-1-3-7-11;11-14(12,13)10-7-3-5-8-4-1-2-6-9(8)10/h1-9,14H,10H2,(H,18,21)(H,19,20);1-7H,(H,11,12,13). The van der Waals surface area contributed by atoms with Crippen molar-refractivity contribution >= 4 is 32.8 Å². The number of carbonyl (C=O) groups excluding carboxylic acids is 1. The highest BCUT2D eigenvalue weighted by Crippen LogP contribution is 2.22. The molecule has 4 rings (SSSR count). The molecule has 0 aromatic heterocycles. The molecule has 7 nitrogen and oxygen atoms in total. The van der Waals surface area contributed by atoms with E-state index in [2.05, 4.69) is 5.32 Å². The SMILES string of the molecule is O=C(O)CC(NC(=O)c1ccccc1)c1ccccc1F.O=S(=O)(O)c1cccc2ccccc12. The molecule has 1 unspecified atom stereocenters. The van der Waals surface area contributed by atoms with Crippen molar-refractivity contribution in [3.63, 3.8) is 0 Å². The van der Waals surface area contributed by atoms with E-state index in [1.165, 1.54) is 24.3 Å². The Bertz CT molecular complexity index is 1440. The molecule has 0 spiro atoms. The summed E-state index contributed by atoms with van der Waals surface area (Å²) in [5.74, 6) is -2.10. The molecule has 35 heavy (non-hydrogen) atoms. The van der Waals surface area contributed by atoms with Gasteiger partial charge in [-0.3, -0.25) is 14.1 Å². The Balaban J connectivity index is 0.000000211. The fraction of sp³-hybridized carbons (Fsp3) is 0.0769. The van der Waals surface area contributed by atoms with E-state index in [0.717, 1.165) is 5.39 Å². The van der Waals surface area contributed by atoms with Crippen LogP contribution in [0, 0.1) is 5.82 Å². The Morgan fingerprint density at radius 3 is 2.09 bits per heavy atom. The number of hydrogen-bond acceptors (Lipinski definition) is 4. The normalized spacial score (nSPS) is 11.7. The third-order valence-corrected chi connectivity index (χ3v) is 5.94. The largest absolute Gasteiger partial charge is 0.481 e. The Kier molecular flexibility index (Phi) is 8.30. The smallest absolute Gasteiger partial charge is 0.305 e. The van der Waals surface area contributed by atoms with E-state index in [4.69, 9.17) is 9.66 Å². The zero-order valence-electron chi connectivity index (χ0n) is 18.3. The number of amides is 1. The van der Waals surface area contributed by atoms with E-state index in [9.17, 15) is 22.4 Å². The molecule has 0 bridgehead atoms. The molecule has 180 valence electrons. The quantitative estimate of drug-likeness (QED) is 0.329. The lowest BCUT2D eigenvalue weighted by atomic mass is 10.0. The van der Waals surface area contributed by atoms with Crippen molar-refractivity contribution in [2.75, 3.05) is 0 Å². The van der Waals surface area contributed by atoms with Crippen LogP contribution in [0.4, 0.5) is 4.39 Å². The molecule has 3 N–H and O–H groups in total. The first-order valence-corrected chi connectivity index (χ1v) is 11.9. The number of carboxylic acid groups (broad SMARTS) is 1. The third-order valence-electron chi connectivity index (χ3n) is 5.03. The minimum absolute atomic E-state index is 0.0457. The van der Waals surface area contributed by atoms with Gasteiger partial charge in [-0.25, -0.2) is 4.39 Å². The van der Waals surface area contributed by atoms with Crippen molar-refractivity contribution in [2.45, 2.75) is 17.4 Å². The van der Waals surface area contributed by atoms with Gasteiger partial charge in [-0.15, -0.1) is 0 Å². The van der Waals surface area contributed by atoms with Crippen LogP contribution in [0.5, 0.6) is 0 Å². The number of aliphatic carboxylic acids is 1. The summed E-state index contributed by atoms with van der Waals surface area (Å²) in [6, 6.07) is 25.1. The summed E-state index contributed by atoms with van der Waals surface area (Å²) in [6.45, 7) is 0. The summed E-state index contributed by atoms with van der Waals surface area (Å²) in [4.78, 5) is 23.0. The first-order chi connectivity index (χ1) is 16.7. The summed E-state index contributed by atoms with van der Waals surface area (Å²) in [7, 11) is -4.13. The van der Waals surface area contributed by atoms with Crippen LogP contribution >= 0.6 is 0 Å². The minimum Gasteiger partial charge on any atom is -0.481 e. The van der Waals surface area contributed by atoms with Crippen LogP contribution in [0.2, 0.25) is 0 Å². The Morgan fingerprint density at radius 2 is 1.43 bits per heavy atom. The highest BCUT2D eigenvalue weighted by Gasteiger charge is 2.21. The average molecular weight is 496 g/mol. The zero-order chi connectivity index (χ0) is 25.4. The first-order valence-electron chi connectivity index (χ1n) is 10.4. The average Bonchev–Trinajstić information content (AvgIpc) is 2.83. The topological polar surface area (TPSA) is 121 Å². The first kappa shape index (κ1) is 25.5. The summed E-state index contributed by atoms with van der Waals surface area (Å²) in [6.07, 6.45) is -0.389. The van der Waals surface area contributed by atoms with E-state index in [-0.39, 0.29) is 16.9 Å². The van der Waals surface area contributed by atoms with E-state index in [1.807, 2.05) is 6.07 Å². The molecule has 0 fully saturated rings. The Labute approximate surface area is 201 Å². The van der Waals surface area contributed by atoms with Gasteiger partial charge in [-0.2, -0.15) is 8.42 Å². The Morgan fingerprint density at radius 1 is 0.829 bits per heavy atom. The second kappa shape index (κ2) is 11.4. The summed E-state index contributed by atoms with van der Waals surface area (Å²) in [5, 5.41) is 12.8. The second-order valence-corrected chi connectivity index (χ2v) is 8.85. The van der Waals surface area contributed by atoms with Gasteiger partial charge in [0, 0.05) is 16.5 Å². The van der Waals surface area contributed by atoms with Gasteiger partial charge >= 0.3 is 5.97 Å². The molecule has 0 radical (unpaired) electrons. The highest BCUT2D eigenvalue weighted by atomic mass is 32.2. The molecule has 1 amide bonds. The molecule has 9 heteroatoms. The number of rotatable bonds is 6. The molecule has 4 aromatic rings. The molecule has 0 heterocycles. The van der Waals surface area contributed by atoms with Crippen molar-refractivity contribution in [2.24, 2.45) is 0 Å². The van der Waals surface area contributed by atoms with Crippen LogP contribution in [0.3, 0.4) is 0 Å². The fourth-order valence-corrected chi connectivity index (χ4v) is 4.14. The zero-order valence-corrected chi connectivity index (χ0v) is 19.2. The maximum absolute atomic E-state index is 13.8. The lowest BCUT2D eigenvalue weighted by Gasteiger charge is -2.18. The fourth-order valence-electron chi connectivity index (χ4n) is 3.42. The van der Waals surface area contributed by atoms with Crippen molar-refractivity contribution in [3.05, 3.63) is 114 Å². The molecule has 0 aliphatic carbocycles. The maximum atomic E-state index is 13.8. The molecular weight excluding hydrogens is 473 g/mol. The van der Waals surface area contributed by atoms with Gasteiger partial charge in [0.15, 0.2) is 0 Å². The molecule has 1 atom stereocenters. The van der Waals surface area contributed by atoms with Gasteiger partial charge in [0.05, 0.1) is 12.5 Å². The van der Waals surface area contributed by atoms with E-state index < -0.39 is 33.9 Å². The molecule has 0 saturated heterocycles. The van der Waals surface area contributed by atoms with Gasteiger partial charge in [0.25, 0.3) is 16.0 Å². The lowest BCUT2D eigenvalue weighted by molar-refractivity contribution is -0.137. The monoisotopic (exact) mass is 495 g/mol. The minimum atomic E-state index is -4.13. The molecule has 4 aromatic carbocycles. The van der Waals surface area contributed by atoms with Crippen molar-refractivity contribution < 1.29 is 32.1 Å². The number of benzene rings is 4. The maximum Gasteiger partial charge on any atom is 0.305 e. The van der Waals surface area contributed by atoms with Crippen LogP contribution in [-0.2, 0) is 14.9 Å². The van der Waals surface area contributed by atoms with Gasteiger partial charge in [-0.1, -0.05) is 72.8 Å².